The number of aryl methyl sites for hydroxylation is 1. The van der Waals surface area contributed by atoms with E-state index in [4.69, 9.17) is 0 Å². The molecule has 3 aromatic carbocycles. The van der Waals surface area contributed by atoms with Crippen molar-refractivity contribution in [3.8, 4) is 0 Å². The lowest BCUT2D eigenvalue weighted by Crippen LogP contribution is -2.62. The van der Waals surface area contributed by atoms with E-state index in [9.17, 15) is 29.1 Å². The minimum absolute atomic E-state index is 0.0946. The van der Waals surface area contributed by atoms with E-state index in [1.54, 1.807) is 51.1 Å². The molecule has 1 heterocycles. The van der Waals surface area contributed by atoms with Crippen LogP contribution >= 0.6 is 11.8 Å². The van der Waals surface area contributed by atoms with Crippen molar-refractivity contribution in [1.82, 2.24) is 26.2 Å². The van der Waals surface area contributed by atoms with Gasteiger partial charge < -0.3 is 31.3 Å². The van der Waals surface area contributed by atoms with Gasteiger partial charge in [0.05, 0.1) is 11.9 Å². The first-order valence-corrected chi connectivity index (χ1v) is 18.4. The van der Waals surface area contributed by atoms with Gasteiger partial charge in [-0.3, -0.25) is 24.0 Å². The Bertz CT molecular complexity index is 1730. The van der Waals surface area contributed by atoms with Crippen molar-refractivity contribution in [2.45, 2.75) is 96.5 Å². The van der Waals surface area contributed by atoms with Crippen LogP contribution in [-0.2, 0) is 36.9 Å². The van der Waals surface area contributed by atoms with Gasteiger partial charge in [-0.05, 0) is 54.9 Å². The van der Waals surface area contributed by atoms with E-state index < -0.39 is 64.1 Å². The number of aliphatic hydroxyl groups is 1. The zero-order chi connectivity index (χ0) is 38.2. The third kappa shape index (κ3) is 10.2. The van der Waals surface area contributed by atoms with Crippen LogP contribution in [-0.4, -0.2) is 74.4 Å². The van der Waals surface area contributed by atoms with Crippen molar-refractivity contribution >= 4 is 41.3 Å². The highest BCUT2D eigenvalue weighted by Crippen LogP contribution is 2.40. The Balaban J connectivity index is 1.58. The smallest absolute Gasteiger partial charge is 0.254 e. The lowest BCUT2D eigenvalue weighted by Gasteiger charge is -2.35. The Kier molecular flexibility index (Phi) is 13.3. The highest BCUT2D eigenvalue weighted by atomic mass is 32.2. The Labute approximate surface area is 310 Å². The molecular formula is C40H51N5O6S. The average molecular weight is 730 g/mol. The van der Waals surface area contributed by atoms with E-state index in [2.05, 4.69) is 21.3 Å². The summed E-state index contributed by atoms with van der Waals surface area (Å²) in [4.78, 5) is 69.2. The first kappa shape index (κ1) is 40.1. The van der Waals surface area contributed by atoms with Crippen LogP contribution in [0.4, 0.5) is 0 Å². The quantitative estimate of drug-likeness (QED) is 0.179. The molecule has 0 saturated carbocycles. The Morgan fingerprint density at radius 2 is 1.46 bits per heavy atom. The third-order valence-electron chi connectivity index (χ3n) is 9.21. The van der Waals surface area contributed by atoms with E-state index in [0.29, 0.717) is 5.56 Å². The van der Waals surface area contributed by atoms with E-state index in [-0.39, 0.29) is 24.7 Å². The second-order valence-electron chi connectivity index (χ2n) is 14.8. The maximum atomic E-state index is 14.2. The molecule has 1 saturated heterocycles. The van der Waals surface area contributed by atoms with Crippen LogP contribution in [0.25, 0.3) is 0 Å². The number of nitrogens with one attached hydrogen (secondary N) is 4. The molecule has 1 aliphatic rings. The second kappa shape index (κ2) is 17.2. The van der Waals surface area contributed by atoms with Gasteiger partial charge in [-0.25, -0.2) is 0 Å². The maximum Gasteiger partial charge on any atom is 0.254 e. The summed E-state index contributed by atoms with van der Waals surface area (Å²) in [5.41, 5.74) is 2.46. The summed E-state index contributed by atoms with van der Waals surface area (Å²) >= 11 is 1.43. The van der Waals surface area contributed by atoms with Crippen molar-refractivity contribution < 1.29 is 29.1 Å². The lowest BCUT2D eigenvalue weighted by molar-refractivity contribution is -0.148. The molecular weight excluding hydrogens is 679 g/mol. The average Bonchev–Trinajstić information content (AvgIpc) is 3.42. The highest BCUT2D eigenvalue weighted by molar-refractivity contribution is 8.00. The third-order valence-corrected chi connectivity index (χ3v) is 10.6. The Hall–Kier alpha value is -4.68. The molecule has 1 unspecified atom stereocenters. The molecule has 3 aromatic rings. The molecule has 11 nitrogen and oxygen atoms in total. The monoisotopic (exact) mass is 729 g/mol. The number of nitrogens with zero attached hydrogens (tertiary/aromatic N) is 1. The van der Waals surface area contributed by atoms with Crippen LogP contribution in [0.15, 0.2) is 84.9 Å². The molecule has 5 amide bonds. The van der Waals surface area contributed by atoms with Gasteiger partial charge >= 0.3 is 0 Å². The topological polar surface area (TPSA) is 157 Å². The summed E-state index contributed by atoms with van der Waals surface area (Å²) in [7, 11) is 0. The minimum atomic E-state index is -1.72. The van der Waals surface area contributed by atoms with Crippen LogP contribution in [0.5, 0.6) is 0 Å². The summed E-state index contributed by atoms with van der Waals surface area (Å²) in [6.07, 6.45) is -1.63. The number of rotatable bonds is 13. The molecule has 4 rings (SSSR count). The van der Waals surface area contributed by atoms with Gasteiger partial charge in [0, 0.05) is 18.2 Å². The molecule has 12 heteroatoms. The molecule has 0 spiro atoms. The van der Waals surface area contributed by atoms with E-state index in [1.165, 1.54) is 23.6 Å². The molecule has 5 atom stereocenters. The molecule has 52 heavy (non-hydrogen) atoms. The largest absolute Gasteiger partial charge is 0.381 e. The summed E-state index contributed by atoms with van der Waals surface area (Å²) in [5.74, 6) is -2.50. The van der Waals surface area contributed by atoms with Gasteiger partial charge in [0.25, 0.3) is 5.91 Å². The predicted molar refractivity (Wildman–Crippen MR) is 203 cm³/mol. The van der Waals surface area contributed by atoms with Gasteiger partial charge in [0.2, 0.25) is 23.6 Å². The fourth-order valence-electron chi connectivity index (χ4n) is 6.27. The van der Waals surface area contributed by atoms with Crippen molar-refractivity contribution in [2.24, 2.45) is 5.41 Å². The fourth-order valence-corrected chi connectivity index (χ4v) is 7.41. The molecule has 1 aliphatic heterocycles. The van der Waals surface area contributed by atoms with Crippen LogP contribution in [0, 0.1) is 12.3 Å². The number of amides is 5. The van der Waals surface area contributed by atoms with Gasteiger partial charge in [-0.1, -0.05) is 106 Å². The predicted octanol–water partition coefficient (Wildman–Crippen LogP) is 3.79. The summed E-state index contributed by atoms with van der Waals surface area (Å²) in [6, 6.07) is 21.4. The zero-order valence-corrected chi connectivity index (χ0v) is 31.8. The number of hydrogen-bond donors (Lipinski definition) is 5. The highest BCUT2D eigenvalue weighted by Gasteiger charge is 2.50. The summed E-state index contributed by atoms with van der Waals surface area (Å²) in [6.45, 7) is 12.7. The second-order valence-corrected chi connectivity index (χ2v) is 16.4. The summed E-state index contributed by atoms with van der Waals surface area (Å²) < 4.78 is -0.659. The molecule has 0 bridgehead atoms. The first-order valence-electron chi connectivity index (χ1n) is 17.4. The lowest BCUT2D eigenvalue weighted by atomic mass is 9.85. The number of hydrogen-bond acceptors (Lipinski definition) is 7. The Morgan fingerprint density at radius 3 is 2.06 bits per heavy atom. The van der Waals surface area contributed by atoms with Crippen molar-refractivity contribution in [2.75, 3.05) is 5.88 Å². The van der Waals surface area contributed by atoms with Crippen LogP contribution in [0.1, 0.15) is 69.8 Å². The molecule has 278 valence electrons. The van der Waals surface area contributed by atoms with E-state index in [1.807, 2.05) is 75.4 Å². The van der Waals surface area contributed by atoms with Gasteiger partial charge in [0.15, 0.2) is 6.10 Å². The van der Waals surface area contributed by atoms with Crippen molar-refractivity contribution in [3.05, 3.63) is 107 Å². The van der Waals surface area contributed by atoms with Crippen molar-refractivity contribution in [1.29, 1.82) is 0 Å². The molecule has 0 aliphatic carbocycles. The summed E-state index contributed by atoms with van der Waals surface area (Å²) in [5, 5.41) is 23.1. The van der Waals surface area contributed by atoms with Gasteiger partial charge in [-0.15, -0.1) is 11.8 Å². The molecule has 0 radical (unpaired) electrons. The van der Waals surface area contributed by atoms with Gasteiger partial charge in [-0.2, -0.15) is 0 Å². The number of thioether (sulfide) groups is 1. The number of aliphatic hydroxyl groups excluding tert-OH is 1. The fraction of sp³-hybridized carbons (Fsp3) is 0.425. The SMILES string of the molecule is CC(=O)NC(C(=O)N[C@H](C(=O)N[C@@H](Cc1ccccc1)[C@H](O)C(=O)N1CSC(C)(C)[C@@H]1C(=O)NCc1ccccc1C)C(C)(C)C)c1ccccc1. The van der Waals surface area contributed by atoms with E-state index >= 15 is 0 Å². The van der Waals surface area contributed by atoms with Crippen molar-refractivity contribution in [3.63, 3.8) is 0 Å². The number of benzene rings is 3. The first-order chi connectivity index (χ1) is 24.5. The maximum absolute atomic E-state index is 14.2. The molecule has 1 fully saturated rings. The van der Waals surface area contributed by atoms with E-state index in [0.717, 1.165) is 16.7 Å². The van der Waals surface area contributed by atoms with Crippen LogP contribution in [0.2, 0.25) is 0 Å². The van der Waals surface area contributed by atoms with Gasteiger partial charge in [0.1, 0.15) is 18.1 Å². The minimum Gasteiger partial charge on any atom is -0.381 e. The molecule has 0 aromatic heterocycles. The number of carbonyl (C=O) groups is 5. The molecule has 5 N–H and O–H groups in total. The number of carbonyl (C=O) groups excluding carboxylic acids is 5. The normalized spacial score (nSPS) is 17.6. The Morgan fingerprint density at radius 1 is 0.865 bits per heavy atom. The zero-order valence-electron chi connectivity index (χ0n) is 30.9. The van der Waals surface area contributed by atoms with Crippen LogP contribution in [0.3, 0.4) is 0 Å². The van der Waals surface area contributed by atoms with Crippen LogP contribution < -0.4 is 21.3 Å². The standard InChI is InChI=1S/C40H51N5O6S/c1-25-16-14-15-21-29(25)23-41-37(50)34-40(6,7)52-24-45(34)38(51)32(47)30(22-27-17-10-8-11-18-27)43-36(49)33(39(3,4)5)44-35(48)31(42-26(2)46)28-19-12-9-13-20-28/h8-21,30-34,47H,22-24H2,1-7H3,(H,41,50)(H,42,46)(H,43,49)(H,44,48)/t30-,31?,32-,33+,34-/m0/s1.